The standard InChI is InChI=1S/C18H16ClN3O3S/c1-10(16(23)20-11-7-8-15(25-2)13(19)9-11)26-18-21-14-6-4-3-5-12(14)17(24)22-18/h3-10H,1-2H3,(H,20,23)(H,21,22,24). The highest BCUT2D eigenvalue weighted by Gasteiger charge is 2.17. The van der Waals surface area contributed by atoms with Gasteiger partial charge >= 0.3 is 0 Å². The first-order chi connectivity index (χ1) is 12.5. The third kappa shape index (κ3) is 4.00. The van der Waals surface area contributed by atoms with Gasteiger partial charge in [0.15, 0.2) is 5.16 Å². The topological polar surface area (TPSA) is 84.1 Å². The summed E-state index contributed by atoms with van der Waals surface area (Å²) in [4.78, 5) is 31.6. The van der Waals surface area contributed by atoms with Crippen molar-refractivity contribution in [2.75, 3.05) is 12.4 Å². The number of fused-ring (bicyclic) bond motifs is 1. The van der Waals surface area contributed by atoms with Crippen molar-refractivity contribution >= 4 is 45.9 Å². The molecule has 0 bridgehead atoms. The number of aromatic amines is 1. The molecule has 1 amide bonds. The minimum absolute atomic E-state index is 0.229. The fraction of sp³-hybridized carbons (Fsp3) is 0.167. The van der Waals surface area contributed by atoms with Crippen LogP contribution in [0.4, 0.5) is 5.69 Å². The molecule has 3 rings (SSSR count). The number of carbonyl (C=O) groups is 1. The number of amides is 1. The number of hydrogen-bond acceptors (Lipinski definition) is 5. The molecule has 1 unspecified atom stereocenters. The number of rotatable bonds is 5. The van der Waals surface area contributed by atoms with Gasteiger partial charge in [0, 0.05) is 5.69 Å². The summed E-state index contributed by atoms with van der Waals surface area (Å²) in [6, 6.07) is 12.1. The SMILES string of the molecule is COc1ccc(NC(=O)C(C)Sc2nc3ccccc3c(=O)[nH]2)cc1Cl. The number of nitrogens with zero attached hydrogens (tertiary/aromatic N) is 1. The lowest BCUT2D eigenvalue weighted by Crippen LogP contribution is -2.23. The highest BCUT2D eigenvalue weighted by molar-refractivity contribution is 8.00. The number of benzene rings is 2. The molecule has 6 nitrogen and oxygen atoms in total. The molecule has 0 aliphatic heterocycles. The van der Waals surface area contributed by atoms with E-state index in [9.17, 15) is 9.59 Å². The molecule has 2 N–H and O–H groups in total. The van der Waals surface area contributed by atoms with Crippen LogP contribution >= 0.6 is 23.4 Å². The van der Waals surface area contributed by atoms with Gasteiger partial charge in [-0.2, -0.15) is 0 Å². The predicted octanol–water partition coefficient (Wildman–Crippen LogP) is 3.70. The van der Waals surface area contributed by atoms with Gasteiger partial charge in [-0.1, -0.05) is 35.5 Å². The van der Waals surface area contributed by atoms with Gasteiger partial charge in [-0.25, -0.2) is 4.98 Å². The van der Waals surface area contributed by atoms with Gasteiger partial charge in [0.05, 0.1) is 28.3 Å². The van der Waals surface area contributed by atoms with Crippen molar-refractivity contribution in [3.8, 4) is 5.75 Å². The number of hydrogen-bond donors (Lipinski definition) is 2. The summed E-state index contributed by atoms with van der Waals surface area (Å²) in [6.07, 6.45) is 0. The summed E-state index contributed by atoms with van der Waals surface area (Å²) in [7, 11) is 1.52. The Morgan fingerprint density at radius 3 is 2.81 bits per heavy atom. The molecule has 1 atom stereocenters. The number of anilines is 1. The maximum absolute atomic E-state index is 12.4. The summed E-state index contributed by atoms with van der Waals surface area (Å²) < 4.78 is 5.09. The third-order valence-electron chi connectivity index (χ3n) is 3.67. The van der Waals surface area contributed by atoms with E-state index in [0.29, 0.717) is 32.5 Å². The monoisotopic (exact) mass is 389 g/mol. The largest absolute Gasteiger partial charge is 0.495 e. The van der Waals surface area contributed by atoms with Crippen LogP contribution < -0.4 is 15.6 Å². The summed E-state index contributed by atoms with van der Waals surface area (Å²) in [5.74, 6) is 0.303. The Balaban J connectivity index is 1.73. The minimum Gasteiger partial charge on any atom is -0.495 e. The Hall–Kier alpha value is -2.51. The van der Waals surface area contributed by atoms with E-state index in [0.717, 1.165) is 0 Å². The van der Waals surface area contributed by atoms with Crippen LogP contribution in [-0.4, -0.2) is 28.2 Å². The average Bonchev–Trinajstić information content (AvgIpc) is 2.62. The molecular formula is C18H16ClN3O3S. The fourth-order valence-corrected chi connectivity index (χ4v) is 3.39. The van der Waals surface area contributed by atoms with E-state index in [-0.39, 0.29) is 11.5 Å². The lowest BCUT2D eigenvalue weighted by molar-refractivity contribution is -0.115. The van der Waals surface area contributed by atoms with Crippen LogP contribution in [0.1, 0.15) is 6.92 Å². The van der Waals surface area contributed by atoms with Crippen molar-refractivity contribution in [1.82, 2.24) is 9.97 Å². The van der Waals surface area contributed by atoms with E-state index in [1.54, 1.807) is 43.3 Å². The van der Waals surface area contributed by atoms with Gasteiger partial charge in [0.25, 0.3) is 5.56 Å². The summed E-state index contributed by atoms with van der Waals surface area (Å²) in [5, 5.41) is 3.63. The molecule has 0 fully saturated rings. The molecule has 0 radical (unpaired) electrons. The first-order valence-electron chi connectivity index (χ1n) is 7.78. The van der Waals surface area contributed by atoms with Crippen LogP contribution in [0.3, 0.4) is 0 Å². The second-order valence-electron chi connectivity index (χ2n) is 5.49. The number of carbonyl (C=O) groups excluding carboxylic acids is 1. The maximum Gasteiger partial charge on any atom is 0.259 e. The Bertz CT molecular complexity index is 1020. The van der Waals surface area contributed by atoms with E-state index in [1.165, 1.54) is 18.9 Å². The second-order valence-corrected chi connectivity index (χ2v) is 7.22. The van der Waals surface area contributed by atoms with Crippen molar-refractivity contribution in [3.05, 3.63) is 57.8 Å². The van der Waals surface area contributed by atoms with Crippen molar-refractivity contribution in [1.29, 1.82) is 0 Å². The van der Waals surface area contributed by atoms with Crippen LogP contribution in [0.5, 0.6) is 5.75 Å². The molecule has 2 aromatic carbocycles. The lowest BCUT2D eigenvalue weighted by Gasteiger charge is -2.12. The molecule has 0 aliphatic carbocycles. The minimum atomic E-state index is -0.472. The van der Waals surface area contributed by atoms with Gasteiger partial charge < -0.3 is 15.0 Å². The molecule has 0 saturated heterocycles. The summed E-state index contributed by atoms with van der Waals surface area (Å²) in [6.45, 7) is 1.74. The molecule has 0 spiro atoms. The molecular weight excluding hydrogens is 374 g/mol. The molecule has 8 heteroatoms. The number of H-pyrrole nitrogens is 1. The van der Waals surface area contributed by atoms with Gasteiger partial charge in [-0.15, -0.1) is 0 Å². The van der Waals surface area contributed by atoms with Crippen molar-refractivity contribution in [2.45, 2.75) is 17.3 Å². The number of halogens is 1. The van der Waals surface area contributed by atoms with Gasteiger partial charge in [-0.3, -0.25) is 9.59 Å². The molecule has 3 aromatic rings. The van der Waals surface area contributed by atoms with E-state index >= 15 is 0 Å². The predicted molar refractivity (Wildman–Crippen MR) is 104 cm³/mol. The number of thioether (sulfide) groups is 1. The molecule has 1 heterocycles. The molecule has 26 heavy (non-hydrogen) atoms. The Morgan fingerprint density at radius 2 is 2.08 bits per heavy atom. The first kappa shape index (κ1) is 18.3. The van der Waals surface area contributed by atoms with E-state index < -0.39 is 5.25 Å². The zero-order chi connectivity index (χ0) is 18.7. The Kier molecular flexibility index (Phi) is 5.49. The fourth-order valence-electron chi connectivity index (χ4n) is 2.33. The van der Waals surface area contributed by atoms with Gasteiger partial charge in [0.2, 0.25) is 5.91 Å². The molecule has 0 saturated carbocycles. The highest BCUT2D eigenvalue weighted by atomic mass is 35.5. The molecule has 134 valence electrons. The maximum atomic E-state index is 12.4. The smallest absolute Gasteiger partial charge is 0.259 e. The quantitative estimate of drug-likeness (QED) is 0.513. The first-order valence-corrected chi connectivity index (χ1v) is 9.04. The van der Waals surface area contributed by atoms with Gasteiger partial charge in [0.1, 0.15) is 5.75 Å². The van der Waals surface area contributed by atoms with E-state index in [2.05, 4.69) is 15.3 Å². The number of methoxy groups -OCH3 is 1. The number of nitrogens with one attached hydrogen (secondary N) is 2. The van der Waals surface area contributed by atoms with Crippen LogP contribution in [0.25, 0.3) is 10.9 Å². The van der Waals surface area contributed by atoms with Crippen molar-refractivity contribution in [2.24, 2.45) is 0 Å². The molecule has 0 aliphatic rings. The highest BCUT2D eigenvalue weighted by Crippen LogP contribution is 2.28. The van der Waals surface area contributed by atoms with Crippen LogP contribution in [0.2, 0.25) is 5.02 Å². The number of para-hydroxylation sites is 1. The Labute approximate surface area is 158 Å². The van der Waals surface area contributed by atoms with E-state index in [1.807, 2.05) is 6.07 Å². The van der Waals surface area contributed by atoms with Crippen molar-refractivity contribution in [3.63, 3.8) is 0 Å². The second kappa shape index (κ2) is 7.80. The lowest BCUT2D eigenvalue weighted by atomic mass is 10.2. The van der Waals surface area contributed by atoms with Gasteiger partial charge in [-0.05, 0) is 37.3 Å². The molecule has 1 aromatic heterocycles. The summed E-state index contributed by atoms with van der Waals surface area (Å²) >= 11 is 7.24. The number of ether oxygens (including phenoxy) is 1. The Morgan fingerprint density at radius 1 is 1.31 bits per heavy atom. The third-order valence-corrected chi connectivity index (χ3v) is 4.95. The van der Waals surface area contributed by atoms with E-state index in [4.69, 9.17) is 16.3 Å². The average molecular weight is 390 g/mol. The van der Waals surface area contributed by atoms with Crippen LogP contribution in [0.15, 0.2) is 52.4 Å². The van der Waals surface area contributed by atoms with Crippen LogP contribution in [0, 0.1) is 0 Å². The normalized spacial score (nSPS) is 12.0. The zero-order valence-electron chi connectivity index (χ0n) is 14.1. The summed E-state index contributed by atoms with van der Waals surface area (Å²) in [5.41, 5.74) is 0.925. The zero-order valence-corrected chi connectivity index (χ0v) is 15.6. The van der Waals surface area contributed by atoms with Crippen molar-refractivity contribution < 1.29 is 9.53 Å². The van der Waals surface area contributed by atoms with Crippen LogP contribution in [-0.2, 0) is 4.79 Å². The number of aromatic nitrogens is 2.